The zero-order valence-corrected chi connectivity index (χ0v) is 13.1. The lowest BCUT2D eigenvalue weighted by molar-refractivity contribution is -0.174. The van der Waals surface area contributed by atoms with Crippen LogP contribution in [-0.2, 0) is 14.6 Å². The first kappa shape index (κ1) is 18.7. The van der Waals surface area contributed by atoms with Gasteiger partial charge in [-0.15, -0.1) is 0 Å². The average molecular weight is 331 g/mol. The summed E-state index contributed by atoms with van der Waals surface area (Å²) in [5, 5.41) is 3.20. The summed E-state index contributed by atoms with van der Waals surface area (Å²) in [7, 11) is -2.93. The lowest BCUT2D eigenvalue weighted by Crippen LogP contribution is -2.29. The molecule has 2 atom stereocenters. The minimum Gasteiger partial charge on any atom is -0.372 e. The van der Waals surface area contributed by atoms with Crippen LogP contribution in [0.15, 0.2) is 0 Å². The van der Waals surface area contributed by atoms with Crippen molar-refractivity contribution < 1.29 is 26.3 Å². The largest absolute Gasteiger partial charge is 0.411 e. The normalized spacial score (nSPS) is 23.3. The molecule has 4 nitrogen and oxygen atoms in total. The Bertz CT molecular complexity index is 398. The Kier molecular flexibility index (Phi) is 7.42. The number of halogens is 3. The van der Waals surface area contributed by atoms with Gasteiger partial charge >= 0.3 is 6.18 Å². The molecule has 1 rings (SSSR count). The zero-order valence-electron chi connectivity index (χ0n) is 12.3. The summed E-state index contributed by atoms with van der Waals surface area (Å²) >= 11 is 0. The molecule has 126 valence electrons. The van der Waals surface area contributed by atoms with Gasteiger partial charge in [-0.25, -0.2) is 8.42 Å². The number of hydrogen-bond donors (Lipinski definition) is 1. The second-order valence-electron chi connectivity index (χ2n) is 5.54. The molecule has 0 spiro atoms. The first-order valence-electron chi connectivity index (χ1n) is 7.29. The average Bonchev–Trinajstić information content (AvgIpc) is 2.71. The highest BCUT2D eigenvalue weighted by Crippen LogP contribution is 2.28. The van der Waals surface area contributed by atoms with Crippen LogP contribution in [0.25, 0.3) is 0 Å². The molecule has 0 radical (unpaired) electrons. The molecular weight excluding hydrogens is 307 g/mol. The summed E-state index contributed by atoms with van der Waals surface area (Å²) in [6.45, 7) is 2.30. The molecule has 0 saturated carbocycles. The van der Waals surface area contributed by atoms with Gasteiger partial charge in [-0.2, -0.15) is 13.2 Å². The van der Waals surface area contributed by atoms with Gasteiger partial charge in [-0.05, 0) is 44.2 Å². The molecule has 0 aromatic carbocycles. The minimum atomic E-state index is -4.29. The van der Waals surface area contributed by atoms with Gasteiger partial charge in [0.1, 0.15) is 6.61 Å². The van der Waals surface area contributed by atoms with E-state index in [9.17, 15) is 21.6 Å². The van der Waals surface area contributed by atoms with Gasteiger partial charge in [0.15, 0.2) is 9.84 Å². The lowest BCUT2D eigenvalue weighted by Gasteiger charge is -2.23. The van der Waals surface area contributed by atoms with Crippen molar-refractivity contribution in [3.8, 4) is 0 Å². The fourth-order valence-electron chi connectivity index (χ4n) is 2.67. The van der Waals surface area contributed by atoms with E-state index in [0.717, 1.165) is 6.54 Å². The highest BCUT2D eigenvalue weighted by Gasteiger charge is 2.33. The maximum absolute atomic E-state index is 11.9. The topological polar surface area (TPSA) is 55.4 Å². The third-order valence-electron chi connectivity index (χ3n) is 3.72. The Labute approximate surface area is 124 Å². The number of sulfone groups is 1. The zero-order chi connectivity index (χ0) is 15.9. The molecule has 1 fully saturated rings. The number of nitrogens with one attached hydrogen (secondary N) is 1. The van der Waals surface area contributed by atoms with Crippen molar-refractivity contribution in [2.45, 2.75) is 32.4 Å². The van der Waals surface area contributed by atoms with Crippen LogP contribution in [0.3, 0.4) is 0 Å². The van der Waals surface area contributed by atoms with Crippen LogP contribution in [0.4, 0.5) is 13.2 Å². The van der Waals surface area contributed by atoms with Crippen molar-refractivity contribution in [2.24, 2.45) is 11.8 Å². The van der Waals surface area contributed by atoms with Crippen molar-refractivity contribution >= 4 is 9.84 Å². The van der Waals surface area contributed by atoms with E-state index >= 15 is 0 Å². The minimum absolute atomic E-state index is 0.0571. The van der Waals surface area contributed by atoms with Crippen molar-refractivity contribution in [1.82, 2.24) is 5.32 Å². The standard InChI is InChI=1S/C13H24F3NO3S/c1-2-17-8-11(12-5-7-21(18,19)9-12)4-3-6-20-10-13(14,15)16/h11-12,17H,2-10H2,1H3. The first-order valence-corrected chi connectivity index (χ1v) is 9.11. The monoisotopic (exact) mass is 331 g/mol. The van der Waals surface area contributed by atoms with Gasteiger partial charge < -0.3 is 10.1 Å². The molecule has 1 N–H and O–H groups in total. The Morgan fingerprint density at radius 3 is 2.62 bits per heavy atom. The molecule has 1 aliphatic rings. The van der Waals surface area contributed by atoms with Crippen molar-refractivity contribution in [2.75, 3.05) is 37.8 Å². The highest BCUT2D eigenvalue weighted by atomic mass is 32.2. The van der Waals surface area contributed by atoms with Crippen LogP contribution >= 0.6 is 0 Å². The van der Waals surface area contributed by atoms with E-state index in [1.54, 1.807) is 0 Å². The van der Waals surface area contributed by atoms with Crippen molar-refractivity contribution in [3.05, 3.63) is 0 Å². The van der Waals surface area contributed by atoms with Crippen LogP contribution in [-0.4, -0.2) is 52.4 Å². The molecule has 0 bridgehead atoms. The second kappa shape index (κ2) is 8.33. The van der Waals surface area contributed by atoms with Gasteiger partial charge in [0, 0.05) is 6.61 Å². The number of hydrogen-bond acceptors (Lipinski definition) is 4. The Hall–Kier alpha value is -0.340. The van der Waals surface area contributed by atoms with E-state index in [-0.39, 0.29) is 29.9 Å². The molecule has 21 heavy (non-hydrogen) atoms. The molecule has 1 aliphatic heterocycles. The quantitative estimate of drug-likeness (QED) is 0.657. The van der Waals surface area contributed by atoms with E-state index in [1.807, 2.05) is 6.92 Å². The molecule has 1 heterocycles. The van der Waals surface area contributed by atoms with E-state index in [4.69, 9.17) is 0 Å². The lowest BCUT2D eigenvalue weighted by atomic mass is 9.88. The summed E-state index contributed by atoms with van der Waals surface area (Å²) in [5.41, 5.74) is 0. The third-order valence-corrected chi connectivity index (χ3v) is 5.51. The maximum atomic E-state index is 11.9. The molecule has 2 unspecified atom stereocenters. The molecule has 0 aromatic rings. The first-order chi connectivity index (χ1) is 9.73. The van der Waals surface area contributed by atoms with Gasteiger partial charge in [0.25, 0.3) is 0 Å². The van der Waals surface area contributed by atoms with Crippen LogP contribution in [0.1, 0.15) is 26.2 Å². The predicted octanol–water partition coefficient (Wildman–Crippen LogP) is 2.01. The summed E-state index contributed by atoms with van der Waals surface area (Å²) < 4.78 is 63.5. The summed E-state index contributed by atoms with van der Waals surface area (Å²) in [4.78, 5) is 0. The number of alkyl halides is 3. The maximum Gasteiger partial charge on any atom is 0.411 e. The van der Waals surface area contributed by atoms with E-state index in [0.29, 0.717) is 25.8 Å². The van der Waals surface area contributed by atoms with Gasteiger partial charge in [0.2, 0.25) is 0 Å². The van der Waals surface area contributed by atoms with E-state index in [1.165, 1.54) is 0 Å². The molecular formula is C13H24F3NO3S. The molecule has 0 aromatic heterocycles. The van der Waals surface area contributed by atoms with Gasteiger partial charge in [-0.1, -0.05) is 6.92 Å². The fourth-order valence-corrected chi connectivity index (χ4v) is 4.58. The number of ether oxygens (including phenoxy) is 1. The van der Waals surface area contributed by atoms with Gasteiger partial charge in [0.05, 0.1) is 11.5 Å². The van der Waals surface area contributed by atoms with Crippen LogP contribution in [0.2, 0.25) is 0 Å². The van der Waals surface area contributed by atoms with Crippen molar-refractivity contribution in [1.29, 1.82) is 0 Å². The Morgan fingerprint density at radius 1 is 1.38 bits per heavy atom. The Morgan fingerprint density at radius 2 is 2.10 bits per heavy atom. The van der Waals surface area contributed by atoms with Gasteiger partial charge in [-0.3, -0.25) is 0 Å². The van der Waals surface area contributed by atoms with E-state index < -0.39 is 22.6 Å². The molecule has 0 aliphatic carbocycles. The van der Waals surface area contributed by atoms with Crippen LogP contribution < -0.4 is 5.32 Å². The second-order valence-corrected chi connectivity index (χ2v) is 7.77. The predicted molar refractivity (Wildman–Crippen MR) is 74.9 cm³/mol. The molecule has 0 amide bonds. The highest BCUT2D eigenvalue weighted by molar-refractivity contribution is 7.91. The van der Waals surface area contributed by atoms with Crippen LogP contribution in [0, 0.1) is 11.8 Å². The Balaban J connectivity index is 2.33. The van der Waals surface area contributed by atoms with Crippen molar-refractivity contribution in [3.63, 3.8) is 0 Å². The fraction of sp³-hybridized carbons (Fsp3) is 1.00. The third kappa shape index (κ3) is 8.01. The molecule has 8 heteroatoms. The summed E-state index contributed by atoms with van der Waals surface area (Å²) in [6.07, 6.45) is -2.43. The van der Waals surface area contributed by atoms with E-state index in [2.05, 4.69) is 10.1 Å². The smallest absolute Gasteiger partial charge is 0.372 e. The summed E-state index contributed by atoms with van der Waals surface area (Å²) in [5.74, 6) is 0.713. The summed E-state index contributed by atoms with van der Waals surface area (Å²) in [6, 6.07) is 0. The number of rotatable bonds is 9. The SMILES string of the molecule is CCNCC(CCCOCC(F)(F)F)C1CCS(=O)(=O)C1. The van der Waals surface area contributed by atoms with Crippen LogP contribution in [0.5, 0.6) is 0 Å². The molecule has 1 saturated heterocycles.